The molecule has 0 radical (unpaired) electrons. The van der Waals surface area contributed by atoms with E-state index in [2.05, 4.69) is 49.4 Å². The smallest absolute Gasteiger partial charge is 0.346 e. The molecule has 1 aliphatic carbocycles. The van der Waals surface area contributed by atoms with E-state index in [4.69, 9.17) is 18.9 Å². The van der Waals surface area contributed by atoms with Crippen LogP contribution in [0.1, 0.15) is 44.1 Å². The Balaban J connectivity index is 1.45. The highest BCUT2D eigenvalue weighted by Gasteiger charge is 2.29. The van der Waals surface area contributed by atoms with Gasteiger partial charge >= 0.3 is 5.97 Å². The highest BCUT2D eigenvalue weighted by molar-refractivity contribution is 7.97. The summed E-state index contributed by atoms with van der Waals surface area (Å²) < 4.78 is 22.3. The Morgan fingerprint density at radius 1 is 0.865 bits per heavy atom. The van der Waals surface area contributed by atoms with Gasteiger partial charge in [-0.1, -0.05) is 55.9 Å². The molecule has 0 amide bonds. The van der Waals surface area contributed by atoms with Gasteiger partial charge in [-0.3, -0.25) is 0 Å². The van der Waals surface area contributed by atoms with Crippen molar-refractivity contribution in [1.29, 1.82) is 0 Å². The molecule has 37 heavy (non-hydrogen) atoms. The molecule has 3 aromatic carbocycles. The first-order valence-electron chi connectivity index (χ1n) is 13.0. The minimum atomic E-state index is -0.520. The zero-order chi connectivity index (χ0) is 26.0. The number of benzene rings is 3. The van der Waals surface area contributed by atoms with E-state index >= 15 is 0 Å². The second-order valence-corrected chi connectivity index (χ2v) is 11.5. The number of rotatable bonds is 11. The van der Waals surface area contributed by atoms with Gasteiger partial charge in [0.1, 0.15) is 11.5 Å². The van der Waals surface area contributed by atoms with Crippen molar-refractivity contribution in [3.8, 4) is 11.5 Å². The molecule has 0 aliphatic heterocycles. The van der Waals surface area contributed by atoms with Gasteiger partial charge in [0.25, 0.3) is 0 Å². The minimum absolute atomic E-state index is 0.158. The summed E-state index contributed by atoms with van der Waals surface area (Å²) in [6.07, 6.45) is 6.37. The number of carbonyl (C=O) groups excluding carboxylic acids is 1. The molecule has 0 heterocycles. The molecule has 0 saturated heterocycles. The summed E-state index contributed by atoms with van der Waals surface area (Å²) in [7, 11) is 2.92. The molecule has 3 aromatic rings. The van der Waals surface area contributed by atoms with Crippen molar-refractivity contribution in [3.63, 3.8) is 0 Å². The van der Waals surface area contributed by atoms with Gasteiger partial charge in [0.05, 0.1) is 18.0 Å². The zero-order valence-electron chi connectivity index (χ0n) is 22.0. The maximum absolute atomic E-state index is 12.5. The molecular formula is C31H37O5S+. The molecular weight excluding hydrogens is 484 g/mol. The summed E-state index contributed by atoms with van der Waals surface area (Å²) in [5.41, 5.74) is 1.22. The molecule has 4 rings (SSSR count). The lowest BCUT2D eigenvalue weighted by Crippen LogP contribution is -2.27. The second-order valence-electron chi connectivity index (χ2n) is 9.45. The van der Waals surface area contributed by atoms with E-state index in [0.717, 1.165) is 17.1 Å². The average molecular weight is 522 g/mol. The monoisotopic (exact) mass is 521 g/mol. The molecule has 196 valence electrons. The van der Waals surface area contributed by atoms with Crippen LogP contribution in [0.25, 0.3) is 0 Å². The number of esters is 1. The van der Waals surface area contributed by atoms with Crippen LogP contribution >= 0.6 is 0 Å². The zero-order valence-corrected chi connectivity index (χ0v) is 22.8. The quantitative estimate of drug-likeness (QED) is 0.155. The molecule has 0 bridgehead atoms. The van der Waals surface area contributed by atoms with E-state index in [1.807, 2.05) is 30.3 Å². The van der Waals surface area contributed by atoms with Crippen LogP contribution in [0.3, 0.4) is 0 Å². The third-order valence-corrected chi connectivity index (χ3v) is 8.94. The highest BCUT2D eigenvalue weighted by atomic mass is 32.2. The molecule has 6 heteroatoms. The van der Waals surface area contributed by atoms with Crippen molar-refractivity contribution in [2.45, 2.75) is 66.4 Å². The molecule has 0 N–H and O–H groups in total. The number of hydrogen-bond acceptors (Lipinski definition) is 5. The van der Waals surface area contributed by atoms with Gasteiger partial charge in [-0.2, -0.15) is 0 Å². The summed E-state index contributed by atoms with van der Waals surface area (Å²) in [6, 6.07) is 24.7. The van der Waals surface area contributed by atoms with Gasteiger partial charge in [0.15, 0.2) is 21.3 Å². The van der Waals surface area contributed by atoms with E-state index in [1.165, 1.54) is 47.5 Å². The van der Waals surface area contributed by atoms with Gasteiger partial charge in [-0.15, -0.1) is 0 Å². The molecule has 5 nitrogen and oxygen atoms in total. The third-order valence-electron chi connectivity index (χ3n) is 6.73. The first kappa shape index (κ1) is 27.1. The van der Waals surface area contributed by atoms with E-state index in [1.54, 1.807) is 14.2 Å². The van der Waals surface area contributed by atoms with Gasteiger partial charge < -0.3 is 18.9 Å². The fourth-order valence-corrected chi connectivity index (χ4v) is 6.78. The summed E-state index contributed by atoms with van der Waals surface area (Å²) in [5, 5.41) is 0. The Labute approximate surface area is 223 Å². The maximum atomic E-state index is 12.5. The second kappa shape index (κ2) is 13.5. The number of carbonyl (C=O) groups is 1. The van der Waals surface area contributed by atoms with Crippen molar-refractivity contribution in [2.75, 3.05) is 20.8 Å². The fourth-order valence-electron chi connectivity index (χ4n) is 4.70. The van der Waals surface area contributed by atoms with Crippen molar-refractivity contribution >= 4 is 16.9 Å². The SMILES string of the molecule is COc1ccc([S+](c2ccc(C)cc2)c2cccc(OCC(=O)OC(CC3CCCCC3)OC)c2)cc1. The summed E-state index contributed by atoms with van der Waals surface area (Å²) in [4.78, 5) is 16.0. The Morgan fingerprint density at radius 2 is 1.54 bits per heavy atom. The average Bonchev–Trinajstić information content (AvgIpc) is 2.94. The summed E-state index contributed by atoms with van der Waals surface area (Å²) in [5.74, 6) is 1.60. The molecule has 2 unspecified atom stereocenters. The lowest BCUT2D eigenvalue weighted by molar-refractivity contribution is -0.179. The van der Waals surface area contributed by atoms with Crippen molar-refractivity contribution < 1.29 is 23.7 Å². The third kappa shape index (κ3) is 7.76. The number of hydrogen-bond donors (Lipinski definition) is 0. The Morgan fingerprint density at radius 3 is 2.19 bits per heavy atom. The van der Waals surface area contributed by atoms with E-state index < -0.39 is 12.3 Å². The normalized spacial score (nSPS) is 15.5. The maximum Gasteiger partial charge on any atom is 0.346 e. The minimum Gasteiger partial charge on any atom is -0.497 e. The van der Waals surface area contributed by atoms with Gasteiger partial charge in [-0.25, -0.2) is 4.79 Å². The Hall–Kier alpha value is -2.96. The van der Waals surface area contributed by atoms with Gasteiger partial charge in [0.2, 0.25) is 6.29 Å². The van der Waals surface area contributed by atoms with Crippen LogP contribution in [0.5, 0.6) is 11.5 Å². The van der Waals surface area contributed by atoms with E-state index in [0.29, 0.717) is 11.7 Å². The largest absolute Gasteiger partial charge is 0.497 e. The lowest BCUT2D eigenvalue weighted by atomic mass is 9.87. The molecule has 1 saturated carbocycles. The predicted molar refractivity (Wildman–Crippen MR) is 146 cm³/mol. The molecule has 0 spiro atoms. The van der Waals surface area contributed by atoms with Crippen LogP contribution in [0.2, 0.25) is 0 Å². The Bertz CT molecular complexity index is 1120. The standard InChI is InChI=1S/C31H37O5S/c1-23-12-16-27(17-13-23)37(28-18-14-25(33-2)15-19-28)29-11-7-10-26(21-29)35-22-30(32)36-31(34-3)20-24-8-5-4-6-9-24/h7,10-19,21,24,31H,4-6,8-9,20,22H2,1-3H3/q+1. The van der Waals surface area contributed by atoms with Crippen LogP contribution in [-0.4, -0.2) is 33.1 Å². The summed E-state index contributed by atoms with van der Waals surface area (Å²) >= 11 is 0. The van der Waals surface area contributed by atoms with Crippen LogP contribution in [0, 0.1) is 12.8 Å². The van der Waals surface area contributed by atoms with Crippen LogP contribution in [-0.2, 0) is 25.2 Å². The predicted octanol–water partition coefficient (Wildman–Crippen LogP) is 6.96. The van der Waals surface area contributed by atoms with E-state index in [9.17, 15) is 4.79 Å². The number of methoxy groups -OCH3 is 2. The van der Waals surface area contributed by atoms with E-state index in [-0.39, 0.29) is 17.5 Å². The van der Waals surface area contributed by atoms with Crippen LogP contribution in [0.15, 0.2) is 87.5 Å². The molecule has 0 aromatic heterocycles. The van der Waals surface area contributed by atoms with Crippen LogP contribution in [0.4, 0.5) is 0 Å². The first-order valence-corrected chi connectivity index (χ1v) is 14.2. The van der Waals surface area contributed by atoms with Crippen molar-refractivity contribution in [2.24, 2.45) is 5.92 Å². The van der Waals surface area contributed by atoms with Gasteiger partial charge in [0, 0.05) is 19.6 Å². The summed E-state index contributed by atoms with van der Waals surface area (Å²) in [6.45, 7) is 1.93. The van der Waals surface area contributed by atoms with Gasteiger partial charge in [-0.05, 0) is 61.4 Å². The topological polar surface area (TPSA) is 54.0 Å². The fraction of sp³-hybridized carbons (Fsp3) is 0.387. The highest BCUT2D eigenvalue weighted by Crippen LogP contribution is 2.34. The Kier molecular flexibility index (Phi) is 9.92. The van der Waals surface area contributed by atoms with Crippen molar-refractivity contribution in [1.82, 2.24) is 0 Å². The number of aryl methyl sites for hydroxylation is 1. The lowest BCUT2D eigenvalue weighted by Gasteiger charge is -2.25. The molecule has 2 atom stereocenters. The molecule has 1 aliphatic rings. The number of ether oxygens (including phenoxy) is 4. The first-order chi connectivity index (χ1) is 18.1. The molecule has 1 fully saturated rings. The van der Waals surface area contributed by atoms with Crippen molar-refractivity contribution in [3.05, 3.63) is 78.4 Å². The van der Waals surface area contributed by atoms with Crippen LogP contribution < -0.4 is 9.47 Å².